The van der Waals surface area contributed by atoms with E-state index in [1.165, 1.54) is 0 Å². The number of pyridine rings is 2. The molecule has 0 spiro atoms. The number of amides is 1. The monoisotopic (exact) mass is 311 g/mol. The molecule has 1 aliphatic rings. The summed E-state index contributed by atoms with van der Waals surface area (Å²) in [5.74, 6) is 1.07. The maximum Gasteiger partial charge on any atom is 0.234 e. The van der Waals surface area contributed by atoms with Gasteiger partial charge in [-0.2, -0.15) is 0 Å². The summed E-state index contributed by atoms with van der Waals surface area (Å²) in [5, 5.41) is 2.95. The summed E-state index contributed by atoms with van der Waals surface area (Å²) in [6, 6.07) is 9.77. The first-order valence-electron chi connectivity index (χ1n) is 7.85. The van der Waals surface area contributed by atoms with E-state index in [-0.39, 0.29) is 5.91 Å². The van der Waals surface area contributed by atoms with Gasteiger partial charge in [-0.3, -0.25) is 14.7 Å². The number of rotatable bonds is 5. The van der Waals surface area contributed by atoms with Gasteiger partial charge in [0.1, 0.15) is 5.82 Å². The average molecular weight is 311 g/mol. The van der Waals surface area contributed by atoms with Crippen LogP contribution in [0.3, 0.4) is 0 Å². The molecule has 1 saturated heterocycles. The van der Waals surface area contributed by atoms with Crippen molar-refractivity contribution in [1.29, 1.82) is 0 Å². The number of hydrogen-bond donors (Lipinski definition) is 1. The molecule has 3 heterocycles. The minimum absolute atomic E-state index is 0.0631. The maximum absolute atomic E-state index is 12.0. The number of carbonyl (C=O) groups excluding carboxylic acids is 1. The molecule has 23 heavy (non-hydrogen) atoms. The number of hydrogen-bond acceptors (Lipinski definition) is 5. The quantitative estimate of drug-likeness (QED) is 0.889. The number of carbonyl (C=O) groups is 1. The summed E-state index contributed by atoms with van der Waals surface area (Å²) >= 11 is 0. The van der Waals surface area contributed by atoms with Crippen LogP contribution in [0.4, 0.5) is 5.82 Å². The SMILES string of the molecule is O=C(CN1CCN(c2ccccn2)CC1)NCc1ccncc1. The first-order valence-corrected chi connectivity index (χ1v) is 7.85. The molecule has 0 aliphatic carbocycles. The topological polar surface area (TPSA) is 61.4 Å². The first kappa shape index (κ1) is 15.4. The van der Waals surface area contributed by atoms with Gasteiger partial charge in [0.2, 0.25) is 5.91 Å². The minimum atomic E-state index is 0.0631. The maximum atomic E-state index is 12.0. The lowest BCUT2D eigenvalue weighted by molar-refractivity contribution is -0.122. The van der Waals surface area contributed by atoms with E-state index in [9.17, 15) is 4.79 Å². The molecule has 0 aromatic carbocycles. The van der Waals surface area contributed by atoms with Crippen LogP contribution in [-0.2, 0) is 11.3 Å². The third-order valence-corrected chi connectivity index (χ3v) is 3.95. The molecule has 0 bridgehead atoms. The summed E-state index contributed by atoms with van der Waals surface area (Å²) in [4.78, 5) is 24.8. The van der Waals surface area contributed by atoms with E-state index >= 15 is 0 Å². The lowest BCUT2D eigenvalue weighted by Crippen LogP contribution is -2.49. The predicted octanol–water partition coefficient (Wildman–Crippen LogP) is 0.915. The van der Waals surface area contributed by atoms with Gasteiger partial charge in [0.15, 0.2) is 0 Å². The molecule has 1 fully saturated rings. The van der Waals surface area contributed by atoms with E-state index in [4.69, 9.17) is 0 Å². The Morgan fingerprint density at radius 1 is 1.04 bits per heavy atom. The van der Waals surface area contributed by atoms with Crippen LogP contribution in [0, 0.1) is 0 Å². The van der Waals surface area contributed by atoms with Gasteiger partial charge in [-0.15, -0.1) is 0 Å². The van der Waals surface area contributed by atoms with Crippen molar-refractivity contribution in [3.63, 3.8) is 0 Å². The average Bonchev–Trinajstić information content (AvgIpc) is 2.62. The fraction of sp³-hybridized carbons (Fsp3) is 0.353. The molecule has 3 rings (SSSR count). The van der Waals surface area contributed by atoms with Gasteiger partial charge in [-0.1, -0.05) is 6.07 Å². The van der Waals surface area contributed by atoms with E-state index in [2.05, 4.69) is 25.1 Å². The minimum Gasteiger partial charge on any atom is -0.354 e. The highest BCUT2D eigenvalue weighted by Crippen LogP contribution is 2.12. The van der Waals surface area contributed by atoms with Crippen molar-refractivity contribution in [3.8, 4) is 0 Å². The summed E-state index contributed by atoms with van der Waals surface area (Å²) in [7, 11) is 0. The second-order valence-corrected chi connectivity index (χ2v) is 5.58. The highest BCUT2D eigenvalue weighted by atomic mass is 16.2. The van der Waals surface area contributed by atoms with Crippen molar-refractivity contribution in [1.82, 2.24) is 20.2 Å². The Balaban J connectivity index is 1.41. The number of piperazine rings is 1. The largest absolute Gasteiger partial charge is 0.354 e. The van der Waals surface area contributed by atoms with Crippen LogP contribution in [0.2, 0.25) is 0 Å². The van der Waals surface area contributed by atoms with Crippen LogP contribution < -0.4 is 10.2 Å². The Kier molecular flexibility index (Phi) is 5.16. The number of aromatic nitrogens is 2. The van der Waals surface area contributed by atoms with Crippen molar-refractivity contribution in [2.75, 3.05) is 37.6 Å². The Morgan fingerprint density at radius 2 is 1.83 bits per heavy atom. The standard InChI is InChI=1S/C17H21N5O/c23-17(20-13-15-4-7-18-8-5-15)14-21-9-11-22(12-10-21)16-3-1-2-6-19-16/h1-8H,9-14H2,(H,20,23). The van der Waals surface area contributed by atoms with Crippen LogP contribution in [0.25, 0.3) is 0 Å². The molecule has 0 unspecified atom stereocenters. The van der Waals surface area contributed by atoms with Gasteiger partial charge >= 0.3 is 0 Å². The van der Waals surface area contributed by atoms with Crippen molar-refractivity contribution < 1.29 is 4.79 Å². The van der Waals surface area contributed by atoms with E-state index in [0.29, 0.717) is 13.1 Å². The summed E-state index contributed by atoms with van der Waals surface area (Å²) in [6.45, 7) is 4.54. The number of anilines is 1. The molecule has 1 aliphatic heterocycles. The molecule has 0 radical (unpaired) electrons. The molecular weight excluding hydrogens is 290 g/mol. The van der Waals surface area contributed by atoms with Gasteiger partial charge in [0.05, 0.1) is 6.54 Å². The molecule has 1 amide bonds. The lowest BCUT2D eigenvalue weighted by atomic mass is 10.2. The van der Waals surface area contributed by atoms with Crippen molar-refractivity contribution in [3.05, 3.63) is 54.5 Å². The fourth-order valence-electron chi connectivity index (χ4n) is 2.64. The third-order valence-electron chi connectivity index (χ3n) is 3.95. The van der Waals surface area contributed by atoms with E-state index in [1.54, 1.807) is 12.4 Å². The molecule has 2 aromatic rings. The highest BCUT2D eigenvalue weighted by molar-refractivity contribution is 5.78. The Morgan fingerprint density at radius 3 is 2.52 bits per heavy atom. The van der Waals surface area contributed by atoms with Gasteiger partial charge in [-0.05, 0) is 29.8 Å². The van der Waals surface area contributed by atoms with E-state index in [1.807, 2.05) is 36.5 Å². The molecule has 0 saturated carbocycles. The second-order valence-electron chi connectivity index (χ2n) is 5.58. The zero-order valence-corrected chi connectivity index (χ0v) is 13.1. The van der Waals surface area contributed by atoms with Gasteiger partial charge in [0, 0.05) is 51.3 Å². The van der Waals surface area contributed by atoms with Gasteiger partial charge in [0.25, 0.3) is 0 Å². The molecule has 2 aromatic heterocycles. The number of nitrogens with zero attached hydrogens (tertiary/aromatic N) is 4. The normalized spacial score (nSPS) is 15.4. The molecule has 0 atom stereocenters. The Hall–Kier alpha value is -2.47. The summed E-state index contributed by atoms with van der Waals surface area (Å²) in [6.07, 6.45) is 5.28. The summed E-state index contributed by atoms with van der Waals surface area (Å²) < 4.78 is 0. The fourth-order valence-corrected chi connectivity index (χ4v) is 2.64. The van der Waals surface area contributed by atoms with E-state index < -0.39 is 0 Å². The van der Waals surface area contributed by atoms with Gasteiger partial charge < -0.3 is 10.2 Å². The smallest absolute Gasteiger partial charge is 0.234 e. The van der Waals surface area contributed by atoms with Crippen molar-refractivity contribution in [2.24, 2.45) is 0 Å². The molecule has 6 heteroatoms. The van der Waals surface area contributed by atoms with Crippen molar-refractivity contribution >= 4 is 11.7 Å². The molecule has 6 nitrogen and oxygen atoms in total. The molecule has 1 N–H and O–H groups in total. The number of nitrogens with one attached hydrogen (secondary N) is 1. The predicted molar refractivity (Wildman–Crippen MR) is 89.0 cm³/mol. The summed E-state index contributed by atoms with van der Waals surface area (Å²) in [5.41, 5.74) is 1.06. The van der Waals surface area contributed by atoms with E-state index in [0.717, 1.165) is 37.6 Å². The zero-order chi connectivity index (χ0) is 15.9. The van der Waals surface area contributed by atoms with Crippen molar-refractivity contribution in [2.45, 2.75) is 6.54 Å². The first-order chi connectivity index (χ1) is 11.3. The molecular formula is C17H21N5O. The Bertz CT molecular complexity index is 611. The third kappa shape index (κ3) is 4.50. The zero-order valence-electron chi connectivity index (χ0n) is 13.1. The van der Waals surface area contributed by atoms with Crippen LogP contribution in [-0.4, -0.2) is 53.5 Å². The highest BCUT2D eigenvalue weighted by Gasteiger charge is 2.19. The second kappa shape index (κ2) is 7.69. The Labute approximate surface area is 136 Å². The van der Waals surface area contributed by atoms with Gasteiger partial charge in [-0.25, -0.2) is 4.98 Å². The van der Waals surface area contributed by atoms with Crippen LogP contribution in [0.5, 0.6) is 0 Å². The van der Waals surface area contributed by atoms with Crippen LogP contribution in [0.15, 0.2) is 48.9 Å². The molecule has 120 valence electrons. The lowest BCUT2D eigenvalue weighted by Gasteiger charge is -2.34. The van der Waals surface area contributed by atoms with Crippen LogP contribution >= 0.6 is 0 Å². The van der Waals surface area contributed by atoms with Crippen LogP contribution in [0.1, 0.15) is 5.56 Å².